The van der Waals surface area contributed by atoms with Crippen molar-refractivity contribution in [1.29, 1.82) is 0 Å². The van der Waals surface area contributed by atoms with E-state index in [2.05, 4.69) is 10.3 Å². The summed E-state index contributed by atoms with van der Waals surface area (Å²) in [6, 6.07) is 1.04. The van der Waals surface area contributed by atoms with Crippen molar-refractivity contribution in [1.82, 2.24) is 15.2 Å². The number of nitrogens with zero attached hydrogens (tertiary/aromatic N) is 2. The van der Waals surface area contributed by atoms with Crippen molar-refractivity contribution < 1.29 is 27.9 Å². The molecule has 2 amide bonds. The Kier molecular flexibility index (Phi) is 4.78. The molecule has 2 N–H and O–H groups in total. The first-order chi connectivity index (χ1) is 12.2. The van der Waals surface area contributed by atoms with Crippen LogP contribution in [0, 0.1) is 0 Å². The molecule has 140 valence electrons. The van der Waals surface area contributed by atoms with E-state index in [4.69, 9.17) is 5.11 Å². The molecular weight excluding hydrogens is 371 g/mol. The molecule has 1 aliphatic rings. The molecule has 0 spiro atoms. The largest absolute Gasteiger partial charge is 0.465 e. The van der Waals surface area contributed by atoms with E-state index in [1.165, 1.54) is 17.3 Å². The lowest BCUT2D eigenvalue weighted by molar-refractivity contribution is -0.136. The maximum Gasteiger partial charge on any atom is 0.417 e. The Morgan fingerprint density at radius 3 is 2.54 bits per heavy atom. The van der Waals surface area contributed by atoms with E-state index < -0.39 is 23.7 Å². The number of fused-ring (bicyclic) bond motifs is 1. The molecule has 2 aromatic heterocycles. The normalized spacial score (nSPS) is 16.1. The number of amides is 2. The summed E-state index contributed by atoms with van der Waals surface area (Å²) >= 11 is 0.842. The van der Waals surface area contributed by atoms with E-state index in [1.54, 1.807) is 0 Å². The second kappa shape index (κ2) is 6.75. The van der Waals surface area contributed by atoms with Gasteiger partial charge in [0.1, 0.15) is 0 Å². The first-order valence-corrected chi connectivity index (χ1v) is 8.79. The first kappa shape index (κ1) is 18.4. The van der Waals surface area contributed by atoms with Gasteiger partial charge in [-0.2, -0.15) is 13.2 Å². The summed E-state index contributed by atoms with van der Waals surface area (Å²) in [4.78, 5) is 28.5. The quantitative estimate of drug-likeness (QED) is 0.826. The third-order valence-electron chi connectivity index (χ3n) is 4.50. The zero-order valence-electron chi connectivity index (χ0n) is 13.8. The number of alkyl halides is 3. The number of likely N-dealkylation sites (tertiary alicyclic amines) is 1. The number of carbonyl (C=O) groups is 2. The number of hydrogen-bond acceptors (Lipinski definition) is 4. The highest BCUT2D eigenvalue weighted by molar-refractivity contribution is 7.17. The molecule has 0 bridgehead atoms. The van der Waals surface area contributed by atoms with Crippen molar-refractivity contribution in [3.8, 4) is 0 Å². The minimum Gasteiger partial charge on any atom is -0.465 e. The van der Waals surface area contributed by atoms with Gasteiger partial charge in [-0.25, -0.2) is 4.79 Å². The molecule has 0 radical (unpaired) electrons. The second-order valence-corrected chi connectivity index (χ2v) is 6.92. The third kappa shape index (κ3) is 3.33. The van der Waals surface area contributed by atoms with Gasteiger partial charge in [-0.15, -0.1) is 11.3 Å². The molecule has 0 aliphatic carbocycles. The highest BCUT2D eigenvalue weighted by atomic mass is 32.1. The predicted molar refractivity (Wildman–Crippen MR) is 89.6 cm³/mol. The Morgan fingerprint density at radius 1 is 1.35 bits per heavy atom. The van der Waals surface area contributed by atoms with Crippen molar-refractivity contribution >= 4 is 33.6 Å². The maximum absolute atomic E-state index is 13.5. The average Bonchev–Trinajstić information content (AvgIpc) is 3.03. The van der Waals surface area contributed by atoms with Crippen molar-refractivity contribution in [3.63, 3.8) is 0 Å². The van der Waals surface area contributed by atoms with Gasteiger partial charge in [-0.05, 0) is 18.9 Å². The number of carboxylic acid groups (broad SMARTS) is 1. The van der Waals surface area contributed by atoms with E-state index >= 15 is 0 Å². The maximum atomic E-state index is 13.5. The SMILES string of the molecule is CNC(=O)c1csc2c(C(F)(F)F)cc(C3CCN(C(=O)O)CC3)nc12. The highest BCUT2D eigenvalue weighted by Crippen LogP contribution is 2.40. The lowest BCUT2D eigenvalue weighted by atomic mass is 9.92. The molecule has 10 heteroatoms. The van der Waals surface area contributed by atoms with Crippen molar-refractivity contribution in [2.45, 2.75) is 24.9 Å². The van der Waals surface area contributed by atoms with Gasteiger partial charge >= 0.3 is 12.3 Å². The van der Waals surface area contributed by atoms with Crippen LogP contribution in [-0.2, 0) is 6.18 Å². The fourth-order valence-electron chi connectivity index (χ4n) is 3.11. The summed E-state index contributed by atoms with van der Waals surface area (Å²) in [5, 5.41) is 12.8. The van der Waals surface area contributed by atoms with Gasteiger partial charge in [0.25, 0.3) is 5.91 Å². The van der Waals surface area contributed by atoms with Gasteiger partial charge < -0.3 is 15.3 Å². The molecule has 1 fully saturated rings. The Morgan fingerprint density at radius 2 is 2.00 bits per heavy atom. The lowest BCUT2D eigenvalue weighted by Gasteiger charge is -2.30. The van der Waals surface area contributed by atoms with Crippen molar-refractivity contribution in [2.24, 2.45) is 0 Å². The Hall–Kier alpha value is -2.36. The highest BCUT2D eigenvalue weighted by Gasteiger charge is 2.36. The molecule has 6 nitrogen and oxygen atoms in total. The first-order valence-electron chi connectivity index (χ1n) is 7.91. The number of halogens is 3. The van der Waals surface area contributed by atoms with Crippen LogP contribution in [0.2, 0.25) is 0 Å². The van der Waals surface area contributed by atoms with Gasteiger partial charge in [0.05, 0.1) is 21.3 Å². The van der Waals surface area contributed by atoms with Gasteiger partial charge in [-0.3, -0.25) is 9.78 Å². The topological polar surface area (TPSA) is 82.5 Å². The van der Waals surface area contributed by atoms with Crippen LogP contribution in [0.1, 0.15) is 40.4 Å². The Balaban J connectivity index is 2.06. The molecule has 0 aromatic carbocycles. The summed E-state index contributed by atoms with van der Waals surface area (Å²) in [5.41, 5.74) is -0.403. The predicted octanol–water partition coefficient (Wildman–Crippen LogP) is 3.53. The molecule has 0 atom stereocenters. The van der Waals surface area contributed by atoms with Crippen molar-refractivity contribution in [2.75, 3.05) is 20.1 Å². The van der Waals surface area contributed by atoms with E-state index in [1.807, 2.05) is 0 Å². The Bertz CT molecular complexity index is 858. The van der Waals surface area contributed by atoms with Gasteiger partial charge in [0, 0.05) is 37.1 Å². The number of pyridine rings is 1. The van der Waals surface area contributed by atoms with E-state index in [0.717, 1.165) is 17.4 Å². The smallest absolute Gasteiger partial charge is 0.417 e. The number of thiophene rings is 1. The minimum atomic E-state index is -4.57. The van der Waals surface area contributed by atoms with E-state index in [9.17, 15) is 22.8 Å². The molecule has 1 saturated heterocycles. The lowest BCUT2D eigenvalue weighted by Crippen LogP contribution is -2.37. The van der Waals surface area contributed by atoms with Crippen LogP contribution in [-0.4, -0.2) is 47.1 Å². The average molecular weight is 387 g/mol. The molecule has 3 heterocycles. The zero-order chi connectivity index (χ0) is 19.1. The molecular formula is C16H16F3N3O3S. The van der Waals surface area contributed by atoms with Crippen molar-refractivity contribution in [3.05, 3.63) is 28.3 Å². The number of hydrogen-bond donors (Lipinski definition) is 2. The molecule has 3 rings (SSSR count). The number of aromatic nitrogens is 1. The fraction of sp³-hybridized carbons (Fsp3) is 0.438. The van der Waals surface area contributed by atoms with E-state index in [-0.39, 0.29) is 40.5 Å². The summed E-state index contributed by atoms with van der Waals surface area (Å²) in [5.74, 6) is -0.775. The minimum absolute atomic E-state index is 0.0415. The zero-order valence-corrected chi connectivity index (χ0v) is 14.6. The molecule has 0 saturated carbocycles. The monoisotopic (exact) mass is 387 g/mol. The fourth-order valence-corrected chi connectivity index (χ4v) is 4.13. The molecule has 1 aliphatic heterocycles. The number of piperidine rings is 1. The van der Waals surface area contributed by atoms with Crippen LogP contribution in [0.5, 0.6) is 0 Å². The molecule has 2 aromatic rings. The van der Waals surface area contributed by atoms with E-state index in [0.29, 0.717) is 12.8 Å². The number of rotatable bonds is 2. The van der Waals surface area contributed by atoms with Crippen LogP contribution in [0.4, 0.5) is 18.0 Å². The van der Waals surface area contributed by atoms with Gasteiger partial charge in [0.2, 0.25) is 0 Å². The number of carbonyl (C=O) groups excluding carboxylic acids is 1. The number of nitrogens with one attached hydrogen (secondary N) is 1. The standard InChI is InChI=1S/C16H16F3N3O3S/c1-20-14(23)9-7-26-13-10(16(17,18)19)6-11(21-12(9)13)8-2-4-22(5-3-8)15(24)25/h6-8H,2-5H2,1H3,(H,20,23)(H,24,25). The second-order valence-electron chi connectivity index (χ2n) is 6.04. The molecule has 0 unspecified atom stereocenters. The molecule has 26 heavy (non-hydrogen) atoms. The van der Waals surface area contributed by atoms with Crippen LogP contribution in [0.3, 0.4) is 0 Å². The Labute approximate surface area is 150 Å². The van der Waals surface area contributed by atoms with Crippen LogP contribution in [0.25, 0.3) is 10.2 Å². The van der Waals surface area contributed by atoms with Crippen LogP contribution < -0.4 is 5.32 Å². The summed E-state index contributed by atoms with van der Waals surface area (Å²) < 4.78 is 40.5. The summed E-state index contributed by atoms with van der Waals surface area (Å²) in [7, 11) is 1.40. The van der Waals surface area contributed by atoms with Crippen LogP contribution >= 0.6 is 11.3 Å². The van der Waals surface area contributed by atoms with Crippen LogP contribution in [0.15, 0.2) is 11.4 Å². The van der Waals surface area contributed by atoms with Gasteiger partial charge in [0.15, 0.2) is 0 Å². The van der Waals surface area contributed by atoms with Gasteiger partial charge in [-0.1, -0.05) is 0 Å². The third-order valence-corrected chi connectivity index (χ3v) is 5.51. The summed E-state index contributed by atoms with van der Waals surface area (Å²) in [6.45, 7) is 0.486. The summed E-state index contributed by atoms with van der Waals surface area (Å²) in [6.07, 6.45) is -4.83.